The molecule has 1 aromatic carbocycles. The smallest absolute Gasteiger partial charge is 0.305 e. The number of fused-ring (bicyclic) bond motifs is 1. The fourth-order valence-electron chi connectivity index (χ4n) is 3.24. The van der Waals surface area contributed by atoms with Gasteiger partial charge in [-0.25, -0.2) is 0 Å². The monoisotopic (exact) mass is 377 g/mol. The summed E-state index contributed by atoms with van der Waals surface area (Å²) in [6.07, 6.45) is -0.306. The van der Waals surface area contributed by atoms with Crippen molar-refractivity contribution in [1.82, 2.24) is 5.48 Å². The Labute approximate surface area is 156 Å². The number of halogens is 1. The number of hydrogen-bond donors (Lipinski definition) is 4. The molecule has 2 aliphatic rings. The molecule has 0 bridgehead atoms. The summed E-state index contributed by atoms with van der Waals surface area (Å²) < 4.78 is 0. The molecule has 0 heterocycles. The summed E-state index contributed by atoms with van der Waals surface area (Å²) in [5.41, 5.74) is 5.39. The number of nitrogens with one attached hydrogen (secondary N) is 1. The number of benzene rings is 1. The fraction of sp³-hybridized carbons (Fsp3) is 0.421. The minimum absolute atomic E-state index is 0.0487. The Morgan fingerprint density at radius 3 is 2.77 bits per heavy atom. The molecule has 1 saturated carbocycles. The van der Waals surface area contributed by atoms with E-state index in [1.165, 1.54) is 0 Å². The molecule has 1 aromatic rings. The Balaban J connectivity index is 1.57. The normalized spacial score (nSPS) is 25.0. The van der Waals surface area contributed by atoms with E-state index in [0.717, 1.165) is 11.3 Å². The Kier molecular flexibility index (Phi) is 5.84. The van der Waals surface area contributed by atoms with Crippen LogP contribution in [0.1, 0.15) is 30.9 Å². The molecule has 7 heteroatoms. The SMILES string of the molecule is O=C(O)CCONC1=C2CC(C#CC(O)c3ccc(Cl)cc3)C(O)C2C1. The summed E-state index contributed by atoms with van der Waals surface area (Å²) in [6.45, 7) is 0.0792. The second kappa shape index (κ2) is 8.11. The van der Waals surface area contributed by atoms with Gasteiger partial charge in [-0.05, 0) is 36.1 Å². The van der Waals surface area contributed by atoms with E-state index < -0.39 is 18.2 Å². The van der Waals surface area contributed by atoms with Crippen molar-refractivity contribution in [2.75, 3.05) is 6.61 Å². The van der Waals surface area contributed by atoms with Gasteiger partial charge < -0.3 is 15.3 Å². The number of rotatable bonds is 6. The fourth-order valence-corrected chi connectivity index (χ4v) is 3.37. The van der Waals surface area contributed by atoms with Crippen molar-refractivity contribution in [1.29, 1.82) is 0 Å². The molecule has 6 nitrogen and oxygen atoms in total. The number of hydrogen-bond acceptors (Lipinski definition) is 5. The second-order valence-electron chi connectivity index (χ2n) is 6.45. The minimum Gasteiger partial charge on any atom is -0.481 e. The molecule has 4 atom stereocenters. The number of hydroxylamine groups is 1. The Hall–Kier alpha value is -2.04. The Bertz CT molecular complexity index is 764. The first-order chi connectivity index (χ1) is 12.5. The third kappa shape index (κ3) is 4.19. The van der Waals surface area contributed by atoms with Crippen LogP contribution in [0.5, 0.6) is 0 Å². The highest BCUT2D eigenvalue weighted by molar-refractivity contribution is 6.30. The predicted octanol–water partition coefficient (Wildman–Crippen LogP) is 2.03. The zero-order valence-electron chi connectivity index (χ0n) is 14.0. The van der Waals surface area contributed by atoms with Crippen LogP contribution in [-0.2, 0) is 9.63 Å². The lowest BCUT2D eigenvalue weighted by Gasteiger charge is -2.30. The van der Waals surface area contributed by atoms with E-state index in [1.54, 1.807) is 24.3 Å². The van der Waals surface area contributed by atoms with Gasteiger partial charge in [-0.15, -0.1) is 0 Å². The molecule has 1 fully saturated rings. The highest BCUT2D eigenvalue weighted by atomic mass is 35.5. The maximum atomic E-state index is 10.4. The highest BCUT2D eigenvalue weighted by Crippen LogP contribution is 2.48. The van der Waals surface area contributed by atoms with Crippen LogP contribution < -0.4 is 5.48 Å². The van der Waals surface area contributed by atoms with E-state index in [-0.39, 0.29) is 24.9 Å². The summed E-state index contributed by atoms with van der Waals surface area (Å²) >= 11 is 5.83. The van der Waals surface area contributed by atoms with Crippen molar-refractivity contribution in [2.45, 2.75) is 31.5 Å². The van der Waals surface area contributed by atoms with E-state index in [9.17, 15) is 15.0 Å². The Morgan fingerprint density at radius 2 is 2.08 bits per heavy atom. The maximum Gasteiger partial charge on any atom is 0.305 e. The molecule has 0 spiro atoms. The lowest BCUT2D eigenvalue weighted by molar-refractivity contribution is -0.138. The van der Waals surface area contributed by atoms with Crippen molar-refractivity contribution in [3.05, 3.63) is 46.1 Å². The number of allylic oxidation sites excluding steroid dienone is 1. The first-order valence-corrected chi connectivity index (χ1v) is 8.77. The van der Waals surface area contributed by atoms with Gasteiger partial charge in [0.2, 0.25) is 0 Å². The van der Waals surface area contributed by atoms with Crippen molar-refractivity contribution in [3.63, 3.8) is 0 Å². The van der Waals surface area contributed by atoms with E-state index in [2.05, 4.69) is 17.3 Å². The summed E-state index contributed by atoms with van der Waals surface area (Å²) in [6, 6.07) is 6.82. The Morgan fingerprint density at radius 1 is 1.35 bits per heavy atom. The van der Waals surface area contributed by atoms with Gasteiger partial charge in [0.25, 0.3) is 0 Å². The van der Waals surface area contributed by atoms with Crippen LogP contribution in [0.2, 0.25) is 5.02 Å². The van der Waals surface area contributed by atoms with Crippen molar-refractivity contribution in [2.24, 2.45) is 11.8 Å². The molecule has 0 saturated heterocycles. The molecule has 4 unspecified atom stereocenters. The van der Waals surface area contributed by atoms with Crippen LogP contribution in [0.3, 0.4) is 0 Å². The quantitative estimate of drug-likeness (QED) is 0.344. The average Bonchev–Trinajstić information content (AvgIpc) is 2.83. The van der Waals surface area contributed by atoms with Gasteiger partial charge >= 0.3 is 5.97 Å². The van der Waals surface area contributed by atoms with Gasteiger partial charge in [-0.2, -0.15) is 0 Å². The summed E-state index contributed by atoms with van der Waals surface area (Å²) in [5.74, 6) is 4.68. The van der Waals surface area contributed by atoms with Crippen molar-refractivity contribution in [3.8, 4) is 11.8 Å². The zero-order valence-corrected chi connectivity index (χ0v) is 14.7. The van der Waals surface area contributed by atoms with Gasteiger partial charge in [0.1, 0.15) is 6.10 Å². The van der Waals surface area contributed by atoms with Gasteiger partial charge in [-0.1, -0.05) is 35.6 Å². The highest BCUT2D eigenvalue weighted by Gasteiger charge is 2.45. The second-order valence-corrected chi connectivity index (χ2v) is 6.89. The number of aliphatic carboxylic acids is 1. The molecular weight excluding hydrogens is 358 g/mol. The topological polar surface area (TPSA) is 99.0 Å². The number of aliphatic hydroxyl groups is 2. The molecule has 0 amide bonds. The van der Waals surface area contributed by atoms with Crippen LogP contribution in [0.25, 0.3) is 0 Å². The van der Waals surface area contributed by atoms with Crippen LogP contribution >= 0.6 is 11.6 Å². The molecule has 0 aliphatic heterocycles. The number of carbonyl (C=O) groups is 1. The lowest BCUT2D eigenvalue weighted by atomic mass is 9.83. The van der Waals surface area contributed by atoms with E-state index >= 15 is 0 Å². The van der Waals surface area contributed by atoms with Crippen molar-refractivity contribution < 1.29 is 25.0 Å². The van der Waals surface area contributed by atoms with Gasteiger partial charge in [0.05, 0.1) is 25.0 Å². The lowest BCUT2D eigenvalue weighted by Crippen LogP contribution is -2.32. The number of carboxylic acid groups (broad SMARTS) is 1. The predicted molar refractivity (Wildman–Crippen MR) is 94.8 cm³/mol. The molecule has 26 heavy (non-hydrogen) atoms. The molecule has 0 aromatic heterocycles. The first-order valence-electron chi connectivity index (χ1n) is 8.40. The molecule has 4 N–H and O–H groups in total. The first kappa shape index (κ1) is 18.7. The molecule has 2 aliphatic carbocycles. The number of carboxylic acids is 1. The summed E-state index contributed by atoms with van der Waals surface area (Å²) in [5, 5.41) is 29.7. The molecule has 0 radical (unpaired) electrons. The van der Waals surface area contributed by atoms with Crippen LogP contribution in [0.4, 0.5) is 0 Å². The minimum atomic E-state index is -0.927. The van der Waals surface area contributed by atoms with Gasteiger partial charge in [0.15, 0.2) is 0 Å². The van der Waals surface area contributed by atoms with Crippen LogP contribution in [0, 0.1) is 23.7 Å². The maximum absolute atomic E-state index is 10.4. The van der Waals surface area contributed by atoms with Crippen molar-refractivity contribution >= 4 is 17.6 Å². The van der Waals surface area contributed by atoms with Crippen LogP contribution in [0.15, 0.2) is 35.5 Å². The zero-order chi connectivity index (χ0) is 18.7. The summed E-state index contributed by atoms with van der Waals surface area (Å²) in [7, 11) is 0. The van der Waals surface area contributed by atoms with E-state index in [4.69, 9.17) is 21.5 Å². The van der Waals surface area contributed by atoms with E-state index in [1.807, 2.05) is 0 Å². The van der Waals surface area contributed by atoms with Gasteiger partial charge in [-0.3, -0.25) is 15.1 Å². The van der Waals surface area contributed by atoms with Gasteiger partial charge in [0, 0.05) is 16.6 Å². The van der Waals surface area contributed by atoms with E-state index in [0.29, 0.717) is 23.4 Å². The summed E-state index contributed by atoms with van der Waals surface area (Å²) in [4.78, 5) is 15.6. The standard InChI is InChI=1S/C19H20ClNO5/c20-13-4-1-11(2-5-13)17(22)6-3-12-9-14-15(19(12)25)10-16(14)21-26-8-7-18(23)24/h1-2,4-5,12,15,17,19,21-22,25H,7-10H2,(H,23,24). The third-order valence-corrected chi connectivity index (χ3v) is 4.98. The molecule has 3 rings (SSSR count). The molecular formula is C19H20ClNO5. The molecule has 138 valence electrons. The third-order valence-electron chi connectivity index (χ3n) is 4.73. The largest absolute Gasteiger partial charge is 0.481 e. The van der Waals surface area contributed by atoms with Crippen LogP contribution in [-0.4, -0.2) is 34.0 Å². The average molecular weight is 378 g/mol. The number of aliphatic hydroxyl groups excluding tert-OH is 2.